The number of nitrogens with zero attached hydrogens (tertiary/aromatic N) is 2. The van der Waals surface area contributed by atoms with Crippen LogP contribution in [0, 0.1) is 12.7 Å². The van der Waals surface area contributed by atoms with E-state index in [-0.39, 0.29) is 11.9 Å². The molecule has 0 radical (unpaired) electrons. The summed E-state index contributed by atoms with van der Waals surface area (Å²) >= 11 is 1.55. The molecule has 0 bridgehead atoms. The molecule has 0 aliphatic heterocycles. The second-order valence-corrected chi connectivity index (χ2v) is 5.38. The lowest BCUT2D eigenvalue weighted by Gasteiger charge is -2.12. The summed E-state index contributed by atoms with van der Waals surface area (Å²) in [6, 6.07) is 6.52. The molecule has 1 aromatic carbocycles. The molecule has 0 aliphatic carbocycles. The smallest absolute Gasteiger partial charge is 0.123 e. The Hall–Kier alpha value is -1.33. The van der Waals surface area contributed by atoms with Crippen LogP contribution in [-0.4, -0.2) is 9.78 Å². The van der Waals surface area contributed by atoms with Gasteiger partial charge in [-0.25, -0.2) is 4.39 Å². The molecule has 0 saturated heterocycles. The molecule has 2 rings (SSSR count). The van der Waals surface area contributed by atoms with E-state index < -0.39 is 0 Å². The van der Waals surface area contributed by atoms with E-state index in [2.05, 4.69) is 5.10 Å². The second-order valence-electron chi connectivity index (χ2n) is 4.32. The number of rotatable bonds is 3. The first-order valence-electron chi connectivity index (χ1n) is 5.71. The van der Waals surface area contributed by atoms with Gasteiger partial charge in [0.2, 0.25) is 0 Å². The zero-order valence-electron chi connectivity index (χ0n) is 10.6. The van der Waals surface area contributed by atoms with E-state index in [0.717, 1.165) is 21.2 Å². The van der Waals surface area contributed by atoms with Gasteiger partial charge in [0.25, 0.3) is 0 Å². The maximum absolute atomic E-state index is 13.2. The molecule has 0 saturated carbocycles. The second kappa shape index (κ2) is 5.12. The third-order valence-corrected chi connectivity index (χ3v) is 3.82. The number of halogens is 1. The summed E-state index contributed by atoms with van der Waals surface area (Å²) < 4.78 is 15.1. The quantitative estimate of drug-likeness (QED) is 0.927. The monoisotopic (exact) mass is 265 g/mol. The summed E-state index contributed by atoms with van der Waals surface area (Å²) in [4.78, 5) is 0.967. The Labute approximate surface area is 110 Å². The average Bonchev–Trinajstić information content (AvgIpc) is 2.60. The molecule has 1 aromatic heterocycles. The van der Waals surface area contributed by atoms with Crippen molar-refractivity contribution >= 4 is 11.8 Å². The number of aryl methyl sites for hydroxylation is 2. The van der Waals surface area contributed by atoms with Gasteiger partial charge in [0.1, 0.15) is 5.82 Å². The summed E-state index contributed by atoms with van der Waals surface area (Å²) in [5.74, 6) is -0.257. The Balaban J connectivity index is 2.37. The molecule has 2 aromatic rings. The topological polar surface area (TPSA) is 43.8 Å². The van der Waals surface area contributed by atoms with Crippen molar-refractivity contribution in [3.63, 3.8) is 0 Å². The van der Waals surface area contributed by atoms with Crippen molar-refractivity contribution in [3.05, 3.63) is 41.3 Å². The van der Waals surface area contributed by atoms with Crippen LogP contribution in [-0.2, 0) is 7.05 Å². The maximum atomic E-state index is 13.2. The molecule has 0 fully saturated rings. The molecule has 0 spiro atoms. The Morgan fingerprint density at radius 3 is 2.67 bits per heavy atom. The predicted octanol–water partition coefficient (Wildman–Crippen LogP) is 3.04. The summed E-state index contributed by atoms with van der Waals surface area (Å²) in [5, 5.41) is 5.30. The zero-order chi connectivity index (χ0) is 13.3. The van der Waals surface area contributed by atoms with Gasteiger partial charge in [-0.3, -0.25) is 4.68 Å². The van der Waals surface area contributed by atoms with Crippen LogP contribution in [0.5, 0.6) is 0 Å². The highest BCUT2D eigenvalue weighted by Crippen LogP contribution is 2.33. The molecule has 0 unspecified atom stereocenters. The lowest BCUT2D eigenvalue weighted by atomic mass is 10.1. The van der Waals surface area contributed by atoms with Gasteiger partial charge in [-0.1, -0.05) is 11.8 Å². The summed E-state index contributed by atoms with van der Waals surface area (Å²) in [6.45, 7) is 3.80. The predicted molar refractivity (Wildman–Crippen MR) is 71.1 cm³/mol. The van der Waals surface area contributed by atoms with E-state index in [9.17, 15) is 4.39 Å². The first-order chi connectivity index (χ1) is 8.47. The Kier molecular flexibility index (Phi) is 3.73. The number of nitrogens with two attached hydrogens (primary N) is 1. The van der Waals surface area contributed by atoms with Gasteiger partial charge in [0, 0.05) is 18.0 Å². The molecular weight excluding hydrogens is 249 g/mol. The van der Waals surface area contributed by atoms with Gasteiger partial charge in [0.05, 0.1) is 10.7 Å². The summed E-state index contributed by atoms with van der Waals surface area (Å²) in [7, 11) is 1.89. The van der Waals surface area contributed by atoms with Crippen molar-refractivity contribution in [2.45, 2.75) is 29.8 Å². The van der Waals surface area contributed by atoms with Crippen LogP contribution in [0.4, 0.5) is 4.39 Å². The Morgan fingerprint density at radius 1 is 1.39 bits per heavy atom. The molecule has 96 valence electrons. The Morgan fingerprint density at radius 2 is 2.11 bits per heavy atom. The minimum atomic E-state index is -0.257. The third-order valence-electron chi connectivity index (χ3n) is 2.64. The van der Waals surface area contributed by atoms with Gasteiger partial charge < -0.3 is 5.73 Å². The van der Waals surface area contributed by atoms with E-state index in [0.29, 0.717) is 0 Å². The summed E-state index contributed by atoms with van der Waals surface area (Å²) in [6.07, 6.45) is 0. The van der Waals surface area contributed by atoms with Crippen LogP contribution in [0.15, 0.2) is 34.2 Å². The molecule has 1 heterocycles. The first kappa shape index (κ1) is 13.1. The van der Waals surface area contributed by atoms with Gasteiger partial charge in [-0.15, -0.1) is 0 Å². The highest BCUT2D eigenvalue weighted by atomic mass is 32.2. The fraction of sp³-hybridized carbons (Fsp3) is 0.308. The molecule has 0 aliphatic rings. The van der Waals surface area contributed by atoms with Crippen LogP contribution < -0.4 is 5.73 Å². The molecule has 2 N–H and O–H groups in total. The minimum absolute atomic E-state index is 0.197. The van der Waals surface area contributed by atoms with Crippen LogP contribution in [0.1, 0.15) is 24.2 Å². The van der Waals surface area contributed by atoms with Crippen molar-refractivity contribution in [3.8, 4) is 0 Å². The lowest BCUT2D eigenvalue weighted by molar-refractivity contribution is 0.619. The molecule has 3 nitrogen and oxygen atoms in total. The van der Waals surface area contributed by atoms with Gasteiger partial charge in [-0.2, -0.15) is 5.10 Å². The van der Waals surface area contributed by atoms with Crippen LogP contribution in [0.25, 0.3) is 0 Å². The SMILES string of the molecule is Cc1cc(Sc2ccc(F)cc2[C@H](C)N)n(C)n1. The molecule has 1 atom stereocenters. The number of benzene rings is 1. The highest BCUT2D eigenvalue weighted by Gasteiger charge is 2.12. The largest absolute Gasteiger partial charge is 0.324 e. The normalized spacial score (nSPS) is 12.7. The lowest BCUT2D eigenvalue weighted by Crippen LogP contribution is -2.07. The zero-order valence-corrected chi connectivity index (χ0v) is 11.5. The average molecular weight is 265 g/mol. The van der Waals surface area contributed by atoms with Gasteiger partial charge >= 0.3 is 0 Å². The van der Waals surface area contributed by atoms with E-state index in [1.54, 1.807) is 17.8 Å². The van der Waals surface area contributed by atoms with Crippen LogP contribution in [0.3, 0.4) is 0 Å². The van der Waals surface area contributed by atoms with Crippen LogP contribution in [0.2, 0.25) is 0 Å². The number of hydrogen-bond donors (Lipinski definition) is 1. The molecule has 18 heavy (non-hydrogen) atoms. The van der Waals surface area contributed by atoms with E-state index in [1.165, 1.54) is 12.1 Å². The van der Waals surface area contributed by atoms with E-state index in [1.807, 2.05) is 31.6 Å². The van der Waals surface area contributed by atoms with Gasteiger partial charge in [0.15, 0.2) is 0 Å². The van der Waals surface area contributed by atoms with E-state index >= 15 is 0 Å². The van der Waals surface area contributed by atoms with Gasteiger partial charge in [-0.05, 0) is 43.7 Å². The number of aromatic nitrogens is 2. The van der Waals surface area contributed by atoms with Crippen molar-refractivity contribution in [2.75, 3.05) is 0 Å². The third kappa shape index (κ3) is 2.73. The van der Waals surface area contributed by atoms with E-state index in [4.69, 9.17) is 5.73 Å². The summed E-state index contributed by atoms with van der Waals surface area (Å²) in [5.41, 5.74) is 7.66. The molecule has 5 heteroatoms. The van der Waals surface area contributed by atoms with Crippen molar-refractivity contribution in [1.82, 2.24) is 9.78 Å². The highest BCUT2D eigenvalue weighted by molar-refractivity contribution is 7.99. The Bertz CT molecular complexity index is 563. The molecular formula is C13H16FN3S. The van der Waals surface area contributed by atoms with Crippen molar-refractivity contribution < 1.29 is 4.39 Å². The number of hydrogen-bond acceptors (Lipinski definition) is 3. The van der Waals surface area contributed by atoms with Crippen molar-refractivity contribution in [2.24, 2.45) is 12.8 Å². The maximum Gasteiger partial charge on any atom is 0.123 e. The van der Waals surface area contributed by atoms with Crippen LogP contribution >= 0.6 is 11.8 Å². The standard InChI is InChI=1S/C13H16FN3S/c1-8-6-13(17(3)16-8)18-12-5-4-10(14)7-11(12)9(2)15/h4-7,9H,15H2,1-3H3/t9-/m0/s1. The van der Waals surface area contributed by atoms with Crippen molar-refractivity contribution in [1.29, 1.82) is 0 Å². The first-order valence-corrected chi connectivity index (χ1v) is 6.52. The fourth-order valence-corrected chi connectivity index (χ4v) is 2.89. The minimum Gasteiger partial charge on any atom is -0.324 e. The fourth-order valence-electron chi connectivity index (χ4n) is 1.76. The molecule has 0 amide bonds.